The summed E-state index contributed by atoms with van der Waals surface area (Å²) in [5, 5.41) is 3.32. The van der Waals surface area contributed by atoms with Gasteiger partial charge in [-0.25, -0.2) is 8.42 Å². The molecule has 0 radical (unpaired) electrons. The molecule has 3 rings (SSSR count). The fourth-order valence-corrected chi connectivity index (χ4v) is 4.41. The molecule has 0 atom stereocenters. The minimum absolute atomic E-state index is 0.0751. The second-order valence-electron chi connectivity index (χ2n) is 6.62. The molecule has 0 unspecified atom stereocenters. The van der Waals surface area contributed by atoms with Gasteiger partial charge in [-0.05, 0) is 18.2 Å². The molecular weight excluding hydrogens is 421 g/mol. The number of hydrogen-bond acceptors (Lipinski definition) is 6. The number of sulfonamides is 1. The van der Waals surface area contributed by atoms with Crippen LogP contribution in [0.3, 0.4) is 0 Å². The Balaban J connectivity index is 1.76. The average molecular weight is 439 g/mol. The smallest absolute Gasteiger partial charge is 0.322 e. The lowest BCUT2D eigenvalue weighted by atomic mass is 10.2. The van der Waals surface area contributed by atoms with Gasteiger partial charge in [0.25, 0.3) is 0 Å². The van der Waals surface area contributed by atoms with E-state index in [9.17, 15) is 21.6 Å². The van der Waals surface area contributed by atoms with Crippen molar-refractivity contribution in [3.8, 4) is 0 Å². The zero-order valence-corrected chi connectivity index (χ0v) is 16.6. The van der Waals surface area contributed by atoms with Gasteiger partial charge in [0.05, 0.1) is 15.5 Å². The van der Waals surface area contributed by atoms with E-state index in [1.807, 2.05) is 13.8 Å². The Morgan fingerprint density at radius 3 is 2.36 bits per heavy atom. The van der Waals surface area contributed by atoms with Gasteiger partial charge in [-0.1, -0.05) is 30.6 Å². The van der Waals surface area contributed by atoms with E-state index in [0.717, 1.165) is 16.4 Å². The molecule has 0 saturated carbocycles. The van der Waals surface area contributed by atoms with Gasteiger partial charge in [-0.3, -0.25) is 0 Å². The lowest BCUT2D eigenvalue weighted by molar-refractivity contribution is -0.137. The van der Waals surface area contributed by atoms with E-state index in [2.05, 4.69) is 10.1 Å². The van der Waals surface area contributed by atoms with E-state index in [4.69, 9.17) is 16.1 Å². The van der Waals surface area contributed by atoms with Crippen LogP contribution in [0.25, 0.3) is 0 Å². The molecule has 0 aliphatic carbocycles. The monoisotopic (exact) mass is 438 g/mol. The Kier molecular flexibility index (Phi) is 5.61. The fourth-order valence-electron chi connectivity index (χ4n) is 2.74. The van der Waals surface area contributed by atoms with Crippen molar-refractivity contribution in [3.63, 3.8) is 0 Å². The summed E-state index contributed by atoms with van der Waals surface area (Å²) in [4.78, 5) is 5.56. The van der Waals surface area contributed by atoms with Crippen LogP contribution in [0.4, 0.5) is 19.2 Å². The summed E-state index contributed by atoms with van der Waals surface area (Å²) in [5.41, 5.74) is -1.18. The minimum Gasteiger partial charge on any atom is -0.322 e. The van der Waals surface area contributed by atoms with Crippen molar-refractivity contribution in [3.05, 3.63) is 34.6 Å². The highest BCUT2D eigenvalue weighted by Crippen LogP contribution is 2.36. The van der Waals surface area contributed by atoms with Crippen LogP contribution in [0.5, 0.6) is 0 Å². The summed E-state index contributed by atoms with van der Waals surface area (Å²) >= 11 is 5.57. The summed E-state index contributed by atoms with van der Waals surface area (Å²) in [6, 6.07) is 2.88. The topological polar surface area (TPSA) is 79.5 Å². The molecular formula is C16H18ClF3N4O3S. The van der Waals surface area contributed by atoms with E-state index < -0.39 is 31.7 Å². The maximum atomic E-state index is 13.0. The largest absolute Gasteiger partial charge is 0.417 e. The highest BCUT2D eigenvalue weighted by molar-refractivity contribution is 7.89. The van der Waals surface area contributed by atoms with E-state index in [1.54, 1.807) is 4.90 Å². The molecule has 1 aromatic heterocycles. The molecule has 2 aromatic rings. The Morgan fingerprint density at radius 2 is 1.82 bits per heavy atom. The van der Waals surface area contributed by atoms with Crippen LogP contribution in [0.2, 0.25) is 5.02 Å². The highest BCUT2D eigenvalue weighted by Gasteiger charge is 2.36. The van der Waals surface area contributed by atoms with Crippen LogP contribution in [-0.2, 0) is 16.2 Å². The van der Waals surface area contributed by atoms with E-state index in [0.29, 0.717) is 17.9 Å². The molecule has 1 fully saturated rings. The maximum Gasteiger partial charge on any atom is 0.417 e. The van der Waals surface area contributed by atoms with Gasteiger partial charge in [-0.2, -0.15) is 22.5 Å². The zero-order valence-electron chi connectivity index (χ0n) is 15.1. The first-order valence-electron chi connectivity index (χ1n) is 8.45. The number of halogens is 4. The number of nitrogens with zero attached hydrogens (tertiary/aromatic N) is 4. The van der Waals surface area contributed by atoms with Gasteiger partial charge in [0.15, 0.2) is 5.82 Å². The summed E-state index contributed by atoms with van der Waals surface area (Å²) in [6.07, 6.45) is -4.74. The van der Waals surface area contributed by atoms with Crippen molar-refractivity contribution >= 4 is 27.6 Å². The second-order valence-corrected chi connectivity index (χ2v) is 8.97. The number of benzene rings is 1. The van der Waals surface area contributed by atoms with Crippen LogP contribution in [0.1, 0.15) is 31.2 Å². The lowest BCUT2D eigenvalue weighted by Gasteiger charge is -2.32. The van der Waals surface area contributed by atoms with Gasteiger partial charge in [-0.15, -0.1) is 0 Å². The van der Waals surface area contributed by atoms with Crippen LogP contribution >= 0.6 is 11.6 Å². The predicted octanol–water partition coefficient (Wildman–Crippen LogP) is 3.38. The van der Waals surface area contributed by atoms with Crippen LogP contribution < -0.4 is 4.90 Å². The number of hydrogen-bond donors (Lipinski definition) is 0. The Labute approximate surface area is 165 Å². The van der Waals surface area contributed by atoms with E-state index in [-0.39, 0.29) is 32.1 Å². The Hall–Kier alpha value is -1.85. The van der Waals surface area contributed by atoms with Crippen molar-refractivity contribution in [1.29, 1.82) is 0 Å². The van der Waals surface area contributed by atoms with Crippen LogP contribution in [0, 0.1) is 0 Å². The predicted molar refractivity (Wildman–Crippen MR) is 95.8 cm³/mol. The maximum absolute atomic E-state index is 13.0. The number of aromatic nitrogens is 2. The zero-order chi connectivity index (χ0) is 20.7. The highest BCUT2D eigenvalue weighted by atomic mass is 35.5. The molecule has 1 aromatic carbocycles. The van der Waals surface area contributed by atoms with Crippen LogP contribution in [0.15, 0.2) is 27.6 Å². The number of piperazine rings is 1. The van der Waals surface area contributed by atoms with Crippen molar-refractivity contribution < 1.29 is 26.1 Å². The Bertz CT molecular complexity index is 954. The van der Waals surface area contributed by atoms with Gasteiger partial charge >= 0.3 is 12.2 Å². The van der Waals surface area contributed by atoms with Crippen molar-refractivity contribution in [2.24, 2.45) is 0 Å². The fraction of sp³-hybridized carbons (Fsp3) is 0.500. The SMILES string of the molecule is CC(C)c1noc(N2CCN(S(=O)(=O)c3ccc(Cl)c(C(F)(F)F)c3)CC2)n1. The number of rotatable bonds is 4. The molecule has 0 amide bonds. The summed E-state index contributed by atoms with van der Waals surface area (Å²) < 4.78 is 70.9. The molecule has 2 heterocycles. The molecule has 154 valence electrons. The third-order valence-electron chi connectivity index (χ3n) is 4.34. The third-order valence-corrected chi connectivity index (χ3v) is 6.56. The van der Waals surface area contributed by atoms with Gasteiger partial charge < -0.3 is 9.42 Å². The van der Waals surface area contributed by atoms with Crippen molar-refractivity contribution in [2.45, 2.75) is 30.8 Å². The number of alkyl halides is 3. The van der Waals surface area contributed by atoms with Gasteiger partial charge in [0.1, 0.15) is 0 Å². The molecule has 7 nitrogen and oxygen atoms in total. The first-order chi connectivity index (χ1) is 13.0. The molecule has 12 heteroatoms. The first kappa shape index (κ1) is 20.9. The molecule has 1 saturated heterocycles. The molecule has 28 heavy (non-hydrogen) atoms. The van der Waals surface area contributed by atoms with E-state index in [1.165, 1.54) is 0 Å². The molecule has 0 N–H and O–H groups in total. The summed E-state index contributed by atoms with van der Waals surface area (Å²) in [7, 11) is -4.09. The first-order valence-corrected chi connectivity index (χ1v) is 10.3. The average Bonchev–Trinajstić information content (AvgIpc) is 3.11. The van der Waals surface area contributed by atoms with Crippen molar-refractivity contribution in [1.82, 2.24) is 14.4 Å². The quantitative estimate of drug-likeness (QED) is 0.728. The minimum atomic E-state index is -4.74. The standard InChI is InChI=1S/C16H18ClF3N4O3S/c1-10(2)14-21-15(27-22-14)23-5-7-24(8-6-23)28(25,26)11-3-4-13(17)12(9-11)16(18,19)20/h3-4,9-10H,5-8H2,1-2H3. The number of anilines is 1. The molecule has 1 aliphatic rings. The van der Waals surface area contributed by atoms with Crippen LogP contribution in [-0.4, -0.2) is 49.0 Å². The summed E-state index contributed by atoms with van der Waals surface area (Å²) in [6.45, 7) is 4.54. The third kappa shape index (κ3) is 4.11. The molecule has 1 aliphatic heterocycles. The molecule has 0 bridgehead atoms. The summed E-state index contributed by atoms with van der Waals surface area (Å²) in [5.74, 6) is 0.637. The van der Waals surface area contributed by atoms with E-state index >= 15 is 0 Å². The van der Waals surface area contributed by atoms with Crippen molar-refractivity contribution in [2.75, 3.05) is 31.1 Å². The van der Waals surface area contributed by atoms with Gasteiger partial charge in [0.2, 0.25) is 10.0 Å². The van der Waals surface area contributed by atoms with Gasteiger partial charge in [0, 0.05) is 32.1 Å². The lowest BCUT2D eigenvalue weighted by Crippen LogP contribution is -2.48. The normalized spacial score (nSPS) is 16.8. The second kappa shape index (κ2) is 7.53. The molecule has 0 spiro atoms. The Morgan fingerprint density at radius 1 is 1.18 bits per heavy atom.